The molecule has 14 heteroatoms. The van der Waals surface area contributed by atoms with E-state index in [1.807, 2.05) is 0 Å². The Morgan fingerprint density at radius 3 is 2.41 bits per heavy atom. The smallest absolute Gasteiger partial charge is 0.292 e. The zero-order valence-corrected chi connectivity index (χ0v) is 16.4. The molecule has 0 bridgehead atoms. The maximum atomic E-state index is 13.0. The first-order valence-corrected chi connectivity index (χ1v) is 9.97. The van der Waals surface area contributed by atoms with Crippen LogP contribution in [0.2, 0.25) is 0 Å². The Morgan fingerprint density at radius 1 is 1.21 bits per heavy atom. The summed E-state index contributed by atoms with van der Waals surface area (Å²) in [4.78, 5) is 36.4. The molecule has 3 rings (SSSR count). The second-order valence-corrected chi connectivity index (χ2v) is 8.84. The summed E-state index contributed by atoms with van der Waals surface area (Å²) in [6.45, 7) is 0. The Balaban J connectivity index is 2.18. The highest BCUT2D eigenvalue weighted by molar-refractivity contribution is 8.08. The van der Waals surface area contributed by atoms with Gasteiger partial charge in [-0.05, 0) is 35.7 Å². The summed E-state index contributed by atoms with van der Waals surface area (Å²) in [6, 6.07) is 2.72. The SMILES string of the molecule is CNS(=O)(=O)N1Sc2ccc(-n3c(=O)cc(C(F)(F)F)n(C)c3=O)cc2C1[C]=O. The van der Waals surface area contributed by atoms with E-state index in [0.29, 0.717) is 9.46 Å². The van der Waals surface area contributed by atoms with E-state index in [-0.39, 0.29) is 21.9 Å². The van der Waals surface area contributed by atoms with E-state index in [4.69, 9.17) is 0 Å². The van der Waals surface area contributed by atoms with E-state index in [9.17, 15) is 36.0 Å². The van der Waals surface area contributed by atoms with Crippen LogP contribution in [0.25, 0.3) is 5.69 Å². The summed E-state index contributed by atoms with van der Waals surface area (Å²) in [5.74, 6) is 0. The molecule has 2 aromatic rings. The van der Waals surface area contributed by atoms with Crippen LogP contribution in [0.5, 0.6) is 0 Å². The van der Waals surface area contributed by atoms with Crippen molar-refractivity contribution in [2.75, 3.05) is 7.05 Å². The predicted molar refractivity (Wildman–Crippen MR) is 96.4 cm³/mol. The number of nitrogens with one attached hydrogen (secondary N) is 1. The second kappa shape index (κ2) is 7.12. The van der Waals surface area contributed by atoms with Gasteiger partial charge in [-0.25, -0.2) is 14.1 Å². The van der Waals surface area contributed by atoms with Gasteiger partial charge in [-0.15, -0.1) is 3.71 Å². The van der Waals surface area contributed by atoms with Gasteiger partial charge in [-0.3, -0.25) is 14.2 Å². The molecule has 1 aliphatic heterocycles. The second-order valence-electron chi connectivity index (χ2n) is 5.84. The van der Waals surface area contributed by atoms with Gasteiger partial charge in [0.15, 0.2) is 0 Å². The Labute approximate surface area is 166 Å². The van der Waals surface area contributed by atoms with E-state index >= 15 is 0 Å². The first-order valence-electron chi connectivity index (χ1n) is 7.75. The Bertz CT molecular complexity index is 1220. The highest BCUT2D eigenvalue weighted by atomic mass is 32.3. The van der Waals surface area contributed by atoms with Crippen LogP contribution in [0.3, 0.4) is 0 Å². The molecule has 0 saturated heterocycles. The summed E-state index contributed by atoms with van der Waals surface area (Å²) < 4.78 is 66.7. The molecule has 1 aliphatic rings. The fraction of sp³-hybridized carbons (Fsp3) is 0.267. The molecular weight excluding hydrogens is 437 g/mol. The fourth-order valence-electron chi connectivity index (χ4n) is 2.75. The summed E-state index contributed by atoms with van der Waals surface area (Å²) in [5.41, 5.74) is -3.87. The molecule has 155 valence electrons. The molecule has 29 heavy (non-hydrogen) atoms. The van der Waals surface area contributed by atoms with E-state index in [1.54, 1.807) is 6.29 Å². The fourth-order valence-corrected chi connectivity index (χ4v) is 5.09. The standard InChI is InChI=1S/C15H12F3N4O5S2/c1-19-29(26,27)22-10(7-23)9-5-8(3-4-11(9)28-22)21-13(24)6-12(15(16,17)18)20(2)14(21)25/h3-6,10,19H,1-2H3. The van der Waals surface area contributed by atoms with E-state index in [2.05, 4.69) is 4.72 Å². The zero-order valence-electron chi connectivity index (χ0n) is 14.7. The third-order valence-corrected chi connectivity index (χ3v) is 7.13. The molecule has 0 fully saturated rings. The van der Waals surface area contributed by atoms with Crippen molar-refractivity contribution in [1.82, 2.24) is 17.6 Å². The summed E-state index contributed by atoms with van der Waals surface area (Å²) >= 11 is 0.723. The molecule has 1 aromatic carbocycles. The number of alkyl halides is 3. The van der Waals surface area contributed by atoms with E-state index in [1.165, 1.54) is 18.2 Å². The van der Waals surface area contributed by atoms with Crippen LogP contribution in [0.1, 0.15) is 17.3 Å². The normalized spacial score (nSPS) is 17.3. The highest BCUT2D eigenvalue weighted by Crippen LogP contribution is 2.45. The van der Waals surface area contributed by atoms with Gasteiger partial charge in [0.25, 0.3) is 15.8 Å². The molecular formula is C15H12F3N4O5S2. The zero-order chi connectivity index (χ0) is 21.7. The van der Waals surface area contributed by atoms with Crippen LogP contribution in [0, 0.1) is 0 Å². The predicted octanol–water partition coefficient (Wildman–Crippen LogP) is 0.493. The van der Waals surface area contributed by atoms with Gasteiger partial charge in [0, 0.05) is 25.1 Å². The van der Waals surface area contributed by atoms with Gasteiger partial charge in [0.05, 0.1) is 5.69 Å². The summed E-state index contributed by atoms with van der Waals surface area (Å²) in [7, 11) is -2.01. The quantitative estimate of drug-likeness (QED) is 0.681. The highest BCUT2D eigenvalue weighted by Gasteiger charge is 2.40. The van der Waals surface area contributed by atoms with E-state index in [0.717, 1.165) is 29.8 Å². The Hall–Kier alpha value is -2.42. The number of benzene rings is 1. The molecule has 1 unspecified atom stereocenters. The first kappa shape index (κ1) is 21.3. The van der Waals surface area contributed by atoms with Crippen LogP contribution >= 0.6 is 11.9 Å². The van der Waals surface area contributed by atoms with Crippen LogP contribution < -0.4 is 16.0 Å². The van der Waals surface area contributed by atoms with Crippen molar-refractivity contribution in [3.8, 4) is 5.69 Å². The Morgan fingerprint density at radius 2 is 1.86 bits per heavy atom. The number of rotatable bonds is 4. The summed E-state index contributed by atoms with van der Waals surface area (Å²) in [6.07, 6.45) is -3.33. The number of halogens is 3. The van der Waals surface area contributed by atoms with Crippen molar-refractivity contribution in [1.29, 1.82) is 0 Å². The molecule has 9 nitrogen and oxygen atoms in total. The lowest BCUT2D eigenvalue weighted by molar-refractivity contribution is -0.144. The van der Waals surface area contributed by atoms with Crippen molar-refractivity contribution in [3.63, 3.8) is 0 Å². The van der Waals surface area contributed by atoms with Crippen molar-refractivity contribution in [2.24, 2.45) is 7.05 Å². The minimum absolute atomic E-state index is 0.118. The molecule has 1 radical (unpaired) electrons. The third kappa shape index (κ3) is 3.52. The van der Waals surface area contributed by atoms with Gasteiger partial charge >= 0.3 is 11.9 Å². The molecule has 1 atom stereocenters. The van der Waals surface area contributed by atoms with E-state index < -0.39 is 39.4 Å². The number of hydrogen-bond acceptors (Lipinski definition) is 6. The van der Waals surface area contributed by atoms with Gasteiger partial charge in [0.2, 0.25) is 6.29 Å². The van der Waals surface area contributed by atoms with Crippen molar-refractivity contribution < 1.29 is 26.4 Å². The third-order valence-electron chi connectivity index (χ3n) is 4.16. The largest absolute Gasteiger partial charge is 0.431 e. The number of fused-ring (bicyclic) bond motifs is 1. The van der Waals surface area contributed by atoms with Crippen molar-refractivity contribution >= 4 is 28.4 Å². The molecule has 0 aliphatic carbocycles. The average molecular weight is 449 g/mol. The number of nitrogens with zero attached hydrogens (tertiary/aromatic N) is 3. The molecule has 2 heterocycles. The number of aromatic nitrogens is 2. The average Bonchev–Trinajstić information content (AvgIpc) is 3.02. The van der Waals surface area contributed by atoms with Crippen molar-refractivity contribution in [3.05, 3.63) is 56.4 Å². The van der Waals surface area contributed by atoms with Crippen LogP contribution in [0.4, 0.5) is 13.2 Å². The lowest BCUT2D eigenvalue weighted by Crippen LogP contribution is -2.40. The van der Waals surface area contributed by atoms with Crippen LogP contribution in [0.15, 0.2) is 38.8 Å². The molecule has 0 saturated carbocycles. The monoisotopic (exact) mass is 449 g/mol. The molecule has 0 spiro atoms. The van der Waals surface area contributed by atoms with Crippen LogP contribution in [-0.2, 0) is 28.2 Å². The lowest BCUT2D eigenvalue weighted by atomic mass is 10.1. The van der Waals surface area contributed by atoms with Gasteiger partial charge < -0.3 is 0 Å². The van der Waals surface area contributed by atoms with Crippen molar-refractivity contribution in [2.45, 2.75) is 17.1 Å². The maximum Gasteiger partial charge on any atom is 0.431 e. The number of carbonyl (C=O) groups excluding carboxylic acids is 1. The van der Waals surface area contributed by atoms with Gasteiger partial charge in [-0.2, -0.15) is 21.6 Å². The molecule has 0 amide bonds. The van der Waals surface area contributed by atoms with Crippen LogP contribution in [-0.4, -0.2) is 34.6 Å². The first-order chi connectivity index (χ1) is 13.4. The lowest BCUT2D eigenvalue weighted by Gasteiger charge is -2.17. The minimum atomic E-state index is -4.90. The van der Waals surface area contributed by atoms with Gasteiger partial charge in [0.1, 0.15) is 11.7 Å². The maximum absolute atomic E-state index is 13.0. The summed E-state index contributed by atoms with van der Waals surface area (Å²) in [5, 5.41) is 0. The minimum Gasteiger partial charge on any atom is -0.292 e. The number of hydrogen-bond donors (Lipinski definition) is 1. The topological polar surface area (TPSA) is 110 Å². The van der Waals surface area contributed by atoms with Gasteiger partial charge in [-0.1, -0.05) is 0 Å². The Kier molecular flexibility index (Phi) is 5.23. The molecule has 1 N–H and O–H groups in total. The molecule has 1 aromatic heterocycles.